The number of fused-ring (bicyclic) bond motifs is 1. The molecule has 0 bridgehead atoms. The van der Waals surface area contributed by atoms with Gasteiger partial charge in [-0.3, -0.25) is 25.0 Å². The first-order valence-corrected chi connectivity index (χ1v) is 10.1. The summed E-state index contributed by atoms with van der Waals surface area (Å²) in [6, 6.07) is 1.99. The van der Waals surface area contributed by atoms with E-state index < -0.39 is 33.1 Å². The van der Waals surface area contributed by atoms with Crippen molar-refractivity contribution in [1.29, 1.82) is 0 Å². The van der Waals surface area contributed by atoms with Crippen molar-refractivity contribution in [3.05, 3.63) is 59.5 Å². The van der Waals surface area contributed by atoms with Gasteiger partial charge in [0.1, 0.15) is 10.6 Å². The van der Waals surface area contributed by atoms with E-state index in [1.165, 1.54) is 18.3 Å². The van der Waals surface area contributed by atoms with Crippen molar-refractivity contribution in [2.75, 3.05) is 11.9 Å². The maximum atomic E-state index is 12.8. The maximum Gasteiger partial charge on any atom is 0.341 e. The molecule has 1 amide bonds. The van der Waals surface area contributed by atoms with Crippen molar-refractivity contribution in [1.82, 2.24) is 0 Å². The summed E-state index contributed by atoms with van der Waals surface area (Å²) in [7, 11) is 0. The number of carbonyl (C=O) groups is 2. The van der Waals surface area contributed by atoms with Crippen LogP contribution in [0.5, 0.6) is 0 Å². The van der Waals surface area contributed by atoms with Crippen molar-refractivity contribution in [2.45, 2.75) is 39.5 Å². The molecule has 0 fully saturated rings. The van der Waals surface area contributed by atoms with Crippen LogP contribution in [0.4, 0.5) is 16.4 Å². The maximum absolute atomic E-state index is 12.8. The highest BCUT2D eigenvalue weighted by molar-refractivity contribution is 7.17. The Morgan fingerprint density at radius 3 is 2.30 bits per heavy atom. The van der Waals surface area contributed by atoms with Gasteiger partial charge in [0.2, 0.25) is 0 Å². The summed E-state index contributed by atoms with van der Waals surface area (Å²) < 4.78 is 5.13. The van der Waals surface area contributed by atoms with E-state index in [0.29, 0.717) is 12.0 Å². The zero-order valence-corrected chi connectivity index (χ0v) is 17.2. The number of hydrogen-bond acceptors (Lipinski definition) is 8. The van der Waals surface area contributed by atoms with Crippen molar-refractivity contribution < 1.29 is 24.2 Å². The molecule has 0 radical (unpaired) electrons. The molecule has 0 saturated carbocycles. The molecule has 1 aliphatic rings. The molecule has 1 aliphatic carbocycles. The van der Waals surface area contributed by atoms with Crippen LogP contribution in [-0.2, 0) is 17.6 Å². The van der Waals surface area contributed by atoms with Crippen LogP contribution in [0.25, 0.3) is 0 Å². The van der Waals surface area contributed by atoms with Crippen molar-refractivity contribution in [2.24, 2.45) is 0 Å². The number of nitrogens with zero attached hydrogens (tertiary/aromatic N) is 2. The fourth-order valence-corrected chi connectivity index (χ4v) is 4.72. The number of esters is 1. The SMILES string of the molecule is CCOC(=O)c1c(NC(=O)c2cc([N+](=O)[O-])c(C)c([N+](=O)[O-])c2)sc2c1CCCC2. The molecular weight excluding hydrogens is 414 g/mol. The van der Waals surface area contributed by atoms with Gasteiger partial charge >= 0.3 is 5.97 Å². The number of aryl methyl sites for hydroxylation is 1. The van der Waals surface area contributed by atoms with Crippen LogP contribution < -0.4 is 5.32 Å². The van der Waals surface area contributed by atoms with Gasteiger partial charge in [-0.05, 0) is 45.1 Å². The van der Waals surface area contributed by atoms with Gasteiger partial charge in [0, 0.05) is 17.0 Å². The van der Waals surface area contributed by atoms with E-state index in [1.807, 2.05) is 0 Å². The smallest absolute Gasteiger partial charge is 0.341 e. The van der Waals surface area contributed by atoms with Gasteiger partial charge in [-0.15, -0.1) is 11.3 Å². The lowest BCUT2D eigenvalue weighted by atomic mass is 9.95. The first kappa shape index (κ1) is 21.4. The molecule has 10 nitrogen and oxygen atoms in total. The molecule has 0 atom stereocenters. The van der Waals surface area contributed by atoms with Gasteiger partial charge in [-0.2, -0.15) is 0 Å². The minimum absolute atomic E-state index is 0.139. The molecule has 158 valence electrons. The lowest BCUT2D eigenvalue weighted by Crippen LogP contribution is -2.16. The van der Waals surface area contributed by atoms with Crippen LogP contribution in [0.3, 0.4) is 0 Å². The summed E-state index contributed by atoms with van der Waals surface area (Å²) in [5, 5.41) is 25.4. The first-order valence-electron chi connectivity index (χ1n) is 9.31. The van der Waals surface area contributed by atoms with Crippen LogP contribution in [0.1, 0.15) is 56.5 Å². The number of carbonyl (C=O) groups excluding carboxylic acids is 2. The Labute approximate surface area is 175 Å². The van der Waals surface area contributed by atoms with Crippen molar-refractivity contribution in [3.63, 3.8) is 0 Å². The van der Waals surface area contributed by atoms with Gasteiger partial charge in [-0.25, -0.2) is 4.79 Å². The van der Waals surface area contributed by atoms with Crippen LogP contribution in [0.2, 0.25) is 0 Å². The number of benzene rings is 1. The molecule has 0 aliphatic heterocycles. The van der Waals surface area contributed by atoms with E-state index in [-0.39, 0.29) is 22.7 Å². The number of ether oxygens (including phenoxy) is 1. The Morgan fingerprint density at radius 1 is 1.13 bits per heavy atom. The van der Waals surface area contributed by atoms with E-state index >= 15 is 0 Å². The first-order chi connectivity index (χ1) is 14.2. The number of nitro benzene ring substituents is 2. The second-order valence-corrected chi connectivity index (χ2v) is 7.85. The van der Waals surface area contributed by atoms with Crippen LogP contribution in [0.15, 0.2) is 12.1 Å². The summed E-state index contributed by atoms with van der Waals surface area (Å²) in [6.45, 7) is 3.11. The molecule has 0 saturated heterocycles. The topological polar surface area (TPSA) is 142 Å². The summed E-state index contributed by atoms with van der Waals surface area (Å²) in [4.78, 5) is 47.3. The van der Waals surface area contributed by atoms with Crippen molar-refractivity contribution >= 4 is 39.6 Å². The van der Waals surface area contributed by atoms with Crippen LogP contribution in [0, 0.1) is 27.2 Å². The molecule has 0 unspecified atom stereocenters. The Hall–Kier alpha value is -3.34. The molecule has 30 heavy (non-hydrogen) atoms. The van der Waals surface area contributed by atoms with Crippen molar-refractivity contribution in [3.8, 4) is 0 Å². The summed E-state index contributed by atoms with van der Waals surface area (Å²) in [6.07, 6.45) is 3.36. The van der Waals surface area contributed by atoms with E-state index in [2.05, 4.69) is 5.32 Å². The summed E-state index contributed by atoms with van der Waals surface area (Å²) in [5.41, 5.74) is -0.279. The van der Waals surface area contributed by atoms with Gasteiger partial charge in [0.15, 0.2) is 0 Å². The molecular formula is C19H19N3O7S. The number of rotatable bonds is 6. The fraction of sp³-hybridized carbons (Fsp3) is 0.368. The molecule has 1 N–H and O–H groups in total. The summed E-state index contributed by atoms with van der Waals surface area (Å²) >= 11 is 1.26. The number of hydrogen-bond donors (Lipinski definition) is 1. The number of anilines is 1. The minimum atomic E-state index is -0.773. The zero-order valence-electron chi connectivity index (χ0n) is 16.4. The predicted octanol–water partition coefficient (Wildman–Crippen LogP) is 4.18. The average molecular weight is 433 g/mol. The van der Waals surface area contributed by atoms with E-state index in [1.54, 1.807) is 6.92 Å². The number of nitrogens with one attached hydrogen (secondary N) is 1. The largest absolute Gasteiger partial charge is 0.462 e. The minimum Gasteiger partial charge on any atom is -0.462 e. The Kier molecular flexibility index (Phi) is 6.11. The monoisotopic (exact) mass is 433 g/mol. The lowest BCUT2D eigenvalue weighted by molar-refractivity contribution is -0.395. The number of nitro groups is 2. The molecule has 1 aromatic carbocycles. The Balaban J connectivity index is 2.02. The normalized spacial score (nSPS) is 12.7. The summed E-state index contributed by atoms with van der Waals surface area (Å²) in [5.74, 6) is -1.32. The third-order valence-electron chi connectivity index (χ3n) is 4.89. The van der Waals surface area contributed by atoms with E-state index in [0.717, 1.165) is 41.8 Å². The van der Waals surface area contributed by atoms with E-state index in [4.69, 9.17) is 4.74 Å². The number of thiophene rings is 1. The number of amides is 1. The van der Waals surface area contributed by atoms with Gasteiger partial charge in [0.05, 0.1) is 27.6 Å². The third kappa shape index (κ3) is 4.01. The average Bonchev–Trinajstić information content (AvgIpc) is 3.05. The Bertz CT molecular complexity index is 1030. The zero-order chi connectivity index (χ0) is 22.0. The molecule has 1 heterocycles. The lowest BCUT2D eigenvalue weighted by Gasteiger charge is -2.12. The standard InChI is InChI=1S/C19H19N3O7S/c1-3-29-19(24)16-12-6-4-5-7-15(12)30-18(16)20-17(23)11-8-13(21(25)26)10(2)14(9-11)22(27)28/h8-9H,3-7H2,1-2H3,(H,20,23). The molecule has 0 spiro atoms. The quantitative estimate of drug-likeness (QED) is 0.409. The van der Waals surface area contributed by atoms with Crippen LogP contribution in [-0.4, -0.2) is 28.3 Å². The fourth-order valence-electron chi connectivity index (χ4n) is 3.44. The highest BCUT2D eigenvalue weighted by Crippen LogP contribution is 2.39. The third-order valence-corrected chi connectivity index (χ3v) is 6.09. The molecule has 1 aromatic heterocycles. The molecule has 3 rings (SSSR count). The predicted molar refractivity (Wildman–Crippen MR) is 109 cm³/mol. The van der Waals surface area contributed by atoms with E-state index in [9.17, 15) is 29.8 Å². The van der Waals surface area contributed by atoms with Gasteiger partial charge in [0.25, 0.3) is 17.3 Å². The van der Waals surface area contributed by atoms with Crippen LogP contribution >= 0.6 is 11.3 Å². The van der Waals surface area contributed by atoms with Gasteiger partial charge < -0.3 is 10.1 Å². The highest BCUT2D eigenvalue weighted by Gasteiger charge is 2.29. The second kappa shape index (κ2) is 8.57. The second-order valence-electron chi connectivity index (χ2n) is 6.74. The highest BCUT2D eigenvalue weighted by atomic mass is 32.1. The van der Waals surface area contributed by atoms with Gasteiger partial charge in [-0.1, -0.05) is 0 Å². The Morgan fingerprint density at radius 2 is 1.73 bits per heavy atom. The molecule has 2 aromatic rings. The molecule has 11 heteroatoms.